The molecule has 0 amide bonds. The van der Waals surface area contributed by atoms with Crippen molar-refractivity contribution in [3.8, 4) is 0 Å². The van der Waals surface area contributed by atoms with E-state index in [0.29, 0.717) is 18.5 Å². The molecule has 0 unspecified atom stereocenters. The third-order valence-electron chi connectivity index (χ3n) is 6.00. The SMILES string of the molecule is COCCc1nc2c(N)nc3ccccc3c2n1CCCNC(=S)NC1CCCCC1. The second-order valence-electron chi connectivity index (χ2n) is 8.22. The van der Waals surface area contributed by atoms with Gasteiger partial charge in [0.05, 0.1) is 17.6 Å². The van der Waals surface area contributed by atoms with Gasteiger partial charge >= 0.3 is 0 Å². The summed E-state index contributed by atoms with van der Waals surface area (Å²) in [6.07, 6.45) is 8.02. The summed E-state index contributed by atoms with van der Waals surface area (Å²) in [4.78, 5) is 9.37. The predicted molar refractivity (Wildman–Crippen MR) is 130 cm³/mol. The van der Waals surface area contributed by atoms with Crippen molar-refractivity contribution in [2.24, 2.45) is 0 Å². The van der Waals surface area contributed by atoms with E-state index in [1.54, 1.807) is 7.11 Å². The number of thiocarbonyl (C=S) groups is 1. The third kappa shape index (κ3) is 5.07. The minimum atomic E-state index is 0.474. The first kappa shape index (κ1) is 21.8. The van der Waals surface area contributed by atoms with Gasteiger partial charge in [-0.25, -0.2) is 9.97 Å². The lowest BCUT2D eigenvalue weighted by molar-refractivity contribution is 0.199. The zero-order valence-electron chi connectivity index (χ0n) is 18.2. The van der Waals surface area contributed by atoms with Crippen LogP contribution in [0.5, 0.6) is 0 Å². The highest BCUT2D eigenvalue weighted by Gasteiger charge is 2.17. The van der Waals surface area contributed by atoms with Crippen LogP contribution in [0.2, 0.25) is 0 Å². The Morgan fingerprint density at radius 3 is 2.84 bits per heavy atom. The number of pyridine rings is 1. The van der Waals surface area contributed by atoms with E-state index in [2.05, 4.69) is 26.3 Å². The molecule has 31 heavy (non-hydrogen) atoms. The molecule has 1 aliphatic rings. The Morgan fingerprint density at radius 2 is 2.03 bits per heavy atom. The lowest BCUT2D eigenvalue weighted by Gasteiger charge is -2.24. The maximum absolute atomic E-state index is 6.26. The third-order valence-corrected chi connectivity index (χ3v) is 6.27. The maximum atomic E-state index is 6.26. The molecule has 1 aromatic carbocycles. The molecule has 4 N–H and O–H groups in total. The number of fused-ring (bicyclic) bond motifs is 3. The van der Waals surface area contributed by atoms with Crippen molar-refractivity contribution in [1.29, 1.82) is 0 Å². The zero-order valence-corrected chi connectivity index (χ0v) is 19.0. The molecule has 2 heterocycles. The molecule has 3 aromatic rings. The molecule has 0 bridgehead atoms. The highest BCUT2D eigenvalue weighted by molar-refractivity contribution is 7.80. The summed E-state index contributed by atoms with van der Waals surface area (Å²) >= 11 is 5.51. The molecule has 8 heteroatoms. The highest BCUT2D eigenvalue weighted by Crippen LogP contribution is 2.29. The van der Waals surface area contributed by atoms with Gasteiger partial charge in [-0.15, -0.1) is 0 Å². The summed E-state index contributed by atoms with van der Waals surface area (Å²) in [7, 11) is 1.71. The summed E-state index contributed by atoms with van der Waals surface area (Å²) in [6, 6.07) is 8.62. The van der Waals surface area contributed by atoms with Crippen LogP contribution in [0.3, 0.4) is 0 Å². The first-order valence-electron chi connectivity index (χ1n) is 11.2. The molecule has 7 nitrogen and oxygen atoms in total. The van der Waals surface area contributed by atoms with Crippen molar-refractivity contribution in [2.75, 3.05) is 26.0 Å². The lowest BCUT2D eigenvalue weighted by atomic mass is 9.96. The number of aromatic nitrogens is 3. The fraction of sp³-hybridized carbons (Fsp3) is 0.522. The van der Waals surface area contributed by atoms with E-state index in [1.165, 1.54) is 32.1 Å². The second-order valence-corrected chi connectivity index (χ2v) is 8.63. The smallest absolute Gasteiger partial charge is 0.166 e. The van der Waals surface area contributed by atoms with Gasteiger partial charge in [0.15, 0.2) is 10.9 Å². The van der Waals surface area contributed by atoms with E-state index in [9.17, 15) is 0 Å². The molecule has 0 saturated heterocycles. The van der Waals surface area contributed by atoms with Crippen LogP contribution in [0.15, 0.2) is 24.3 Å². The number of nitrogens with two attached hydrogens (primary N) is 1. The summed E-state index contributed by atoms with van der Waals surface area (Å²) in [6.45, 7) is 2.24. The number of rotatable bonds is 8. The molecule has 1 aliphatic carbocycles. The van der Waals surface area contributed by atoms with E-state index < -0.39 is 0 Å². The molecule has 0 radical (unpaired) electrons. The van der Waals surface area contributed by atoms with Crippen molar-refractivity contribution >= 4 is 45.1 Å². The van der Waals surface area contributed by atoms with Gasteiger partial charge in [-0.2, -0.15) is 0 Å². The predicted octanol–water partition coefficient (Wildman–Crippen LogP) is 3.54. The minimum absolute atomic E-state index is 0.474. The standard InChI is InChI=1S/C23H32N6OS/c1-30-15-12-19-28-20-21(17-10-5-6-11-18(17)27-22(20)24)29(19)14-7-13-25-23(31)26-16-8-3-2-4-9-16/h5-6,10-11,16H,2-4,7-9,12-15H2,1H3,(H2,24,27)(H2,25,26,31). The van der Waals surface area contributed by atoms with Crippen molar-refractivity contribution < 1.29 is 4.74 Å². The average Bonchev–Trinajstić information content (AvgIpc) is 3.15. The number of hydrogen-bond donors (Lipinski definition) is 3. The van der Waals surface area contributed by atoms with Crippen molar-refractivity contribution in [3.63, 3.8) is 0 Å². The molecule has 1 fully saturated rings. The lowest BCUT2D eigenvalue weighted by Crippen LogP contribution is -2.43. The van der Waals surface area contributed by atoms with Gasteiger partial charge in [-0.1, -0.05) is 37.5 Å². The molecule has 4 rings (SSSR count). The molecular formula is C23H32N6OS. The minimum Gasteiger partial charge on any atom is -0.384 e. The van der Waals surface area contributed by atoms with E-state index in [0.717, 1.165) is 58.8 Å². The fourth-order valence-electron chi connectivity index (χ4n) is 4.45. The van der Waals surface area contributed by atoms with Gasteiger partial charge in [0.1, 0.15) is 11.3 Å². The summed E-state index contributed by atoms with van der Waals surface area (Å²) < 4.78 is 7.58. The molecule has 2 aromatic heterocycles. The highest BCUT2D eigenvalue weighted by atomic mass is 32.1. The summed E-state index contributed by atoms with van der Waals surface area (Å²) in [5, 5.41) is 8.69. The van der Waals surface area contributed by atoms with Crippen molar-refractivity contribution in [1.82, 2.24) is 25.2 Å². The van der Waals surface area contributed by atoms with Gasteiger partial charge in [0.25, 0.3) is 0 Å². The topological polar surface area (TPSA) is 90.0 Å². The summed E-state index contributed by atoms with van der Waals surface area (Å²) in [5.74, 6) is 1.45. The Bertz CT molecular complexity index is 1040. The van der Waals surface area contributed by atoms with Gasteiger partial charge < -0.3 is 25.7 Å². The van der Waals surface area contributed by atoms with Gasteiger partial charge in [-0.05, 0) is 37.5 Å². The van der Waals surface area contributed by atoms with Gasteiger partial charge in [0, 0.05) is 38.0 Å². The monoisotopic (exact) mass is 440 g/mol. The van der Waals surface area contributed by atoms with Crippen LogP contribution in [0.4, 0.5) is 5.82 Å². The van der Waals surface area contributed by atoms with Crippen LogP contribution in [-0.4, -0.2) is 46.0 Å². The zero-order chi connectivity index (χ0) is 21.6. The number of methoxy groups -OCH3 is 1. The second kappa shape index (κ2) is 10.2. The quantitative estimate of drug-likeness (QED) is 0.365. The molecule has 0 atom stereocenters. The van der Waals surface area contributed by atoms with E-state index in [4.69, 9.17) is 27.7 Å². The van der Waals surface area contributed by atoms with Crippen LogP contribution in [0.25, 0.3) is 21.9 Å². The Labute approximate surface area is 188 Å². The normalized spacial score (nSPS) is 14.9. The molecular weight excluding hydrogens is 408 g/mol. The van der Waals surface area contributed by atoms with Crippen LogP contribution in [0, 0.1) is 0 Å². The fourth-order valence-corrected chi connectivity index (χ4v) is 4.72. The number of nitrogens with one attached hydrogen (secondary N) is 2. The number of anilines is 1. The number of aryl methyl sites for hydroxylation is 1. The van der Waals surface area contributed by atoms with Gasteiger partial charge in [0.2, 0.25) is 0 Å². The number of ether oxygens (including phenoxy) is 1. The van der Waals surface area contributed by atoms with Crippen LogP contribution in [-0.2, 0) is 17.7 Å². The van der Waals surface area contributed by atoms with Crippen LogP contribution < -0.4 is 16.4 Å². The van der Waals surface area contributed by atoms with Crippen LogP contribution in [0.1, 0.15) is 44.3 Å². The Hall–Kier alpha value is -2.45. The van der Waals surface area contributed by atoms with E-state index in [1.807, 2.05) is 18.2 Å². The number of nitrogens with zero attached hydrogens (tertiary/aromatic N) is 3. The Balaban J connectivity index is 1.48. The summed E-state index contributed by atoms with van der Waals surface area (Å²) in [5.41, 5.74) is 8.98. The van der Waals surface area contributed by atoms with Crippen LogP contribution >= 0.6 is 12.2 Å². The van der Waals surface area contributed by atoms with Gasteiger partial charge in [-0.3, -0.25) is 0 Å². The largest absolute Gasteiger partial charge is 0.384 e. The number of nitrogen functional groups attached to an aromatic ring is 1. The van der Waals surface area contributed by atoms with E-state index >= 15 is 0 Å². The Kier molecular flexibility index (Phi) is 7.19. The van der Waals surface area contributed by atoms with Crippen molar-refractivity contribution in [3.05, 3.63) is 30.1 Å². The average molecular weight is 441 g/mol. The maximum Gasteiger partial charge on any atom is 0.166 e. The number of benzene rings is 1. The number of imidazole rings is 1. The number of para-hydroxylation sites is 1. The first-order valence-corrected chi connectivity index (χ1v) is 11.6. The molecule has 166 valence electrons. The van der Waals surface area contributed by atoms with Crippen molar-refractivity contribution in [2.45, 2.75) is 57.5 Å². The molecule has 0 aliphatic heterocycles. The number of hydrogen-bond acceptors (Lipinski definition) is 5. The molecule has 1 saturated carbocycles. The molecule has 0 spiro atoms. The Morgan fingerprint density at radius 1 is 1.23 bits per heavy atom. The first-order chi connectivity index (χ1) is 15.2. The van der Waals surface area contributed by atoms with E-state index in [-0.39, 0.29) is 0 Å².